The maximum Gasteiger partial charge on any atom is 0.348 e. The van der Waals surface area contributed by atoms with Gasteiger partial charge in [0.1, 0.15) is 5.57 Å². The van der Waals surface area contributed by atoms with Gasteiger partial charge in [-0.25, -0.2) is 9.59 Å². The van der Waals surface area contributed by atoms with E-state index in [0.717, 1.165) is 0 Å². The molecule has 14 heavy (non-hydrogen) atoms. The molecule has 78 valence electrons. The van der Waals surface area contributed by atoms with Crippen LogP contribution in [0.25, 0.3) is 0 Å². The third-order valence-corrected chi connectivity index (χ3v) is 1.57. The van der Waals surface area contributed by atoms with Crippen LogP contribution >= 0.6 is 0 Å². The zero-order valence-electron chi connectivity index (χ0n) is 8.33. The van der Waals surface area contributed by atoms with Crippen LogP contribution in [-0.4, -0.2) is 31.4 Å². The van der Waals surface area contributed by atoms with E-state index in [0.29, 0.717) is 0 Å². The molecule has 0 spiro atoms. The molecule has 1 saturated heterocycles. The lowest BCUT2D eigenvalue weighted by Gasteiger charge is -2.29. The molecular weight excluding hydrogens is 188 g/mol. The monoisotopic (exact) mass is 200 g/mol. The van der Waals surface area contributed by atoms with Gasteiger partial charge in [0.2, 0.25) is 0 Å². The Hall–Kier alpha value is -1.36. The second-order valence-electron chi connectivity index (χ2n) is 3.25. The molecule has 0 aromatic heterocycles. The second kappa shape index (κ2) is 3.79. The van der Waals surface area contributed by atoms with E-state index in [1.807, 2.05) is 0 Å². The highest BCUT2D eigenvalue weighted by Gasteiger charge is 2.38. The lowest BCUT2D eigenvalue weighted by atomic mass is 10.2. The summed E-state index contributed by atoms with van der Waals surface area (Å²) < 4.78 is 14.4. The highest BCUT2D eigenvalue weighted by atomic mass is 16.7. The topological polar surface area (TPSA) is 61.8 Å². The predicted octanol–water partition coefficient (Wildman–Crippen LogP) is 0.395. The molecule has 0 bridgehead atoms. The molecule has 0 aliphatic carbocycles. The van der Waals surface area contributed by atoms with Crippen molar-refractivity contribution < 1.29 is 23.8 Å². The fourth-order valence-corrected chi connectivity index (χ4v) is 0.994. The van der Waals surface area contributed by atoms with Crippen LogP contribution in [-0.2, 0) is 23.8 Å². The minimum atomic E-state index is -1.18. The van der Waals surface area contributed by atoms with Crippen molar-refractivity contribution in [3.8, 4) is 0 Å². The Bertz CT molecular complexity index is 268. The molecule has 1 fully saturated rings. The van der Waals surface area contributed by atoms with Gasteiger partial charge < -0.3 is 14.2 Å². The Morgan fingerprint density at radius 1 is 1.29 bits per heavy atom. The van der Waals surface area contributed by atoms with Gasteiger partial charge in [-0.1, -0.05) is 0 Å². The van der Waals surface area contributed by atoms with Gasteiger partial charge in [-0.05, 0) is 6.08 Å². The standard InChI is InChI=1S/C9H12O5/c1-9(2)13-7(10)6(4-5-12-3)8(11)14-9/h4H,5H2,1-3H3. The fourth-order valence-electron chi connectivity index (χ4n) is 0.994. The summed E-state index contributed by atoms with van der Waals surface area (Å²) in [5.74, 6) is -2.54. The zero-order chi connectivity index (χ0) is 10.8. The molecule has 5 nitrogen and oxygen atoms in total. The summed E-state index contributed by atoms with van der Waals surface area (Å²) in [5, 5.41) is 0. The largest absolute Gasteiger partial charge is 0.419 e. The summed E-state index contributed by atoms with van der Waals surface area (Å²) in [6.45, 7) is 3.16. The molecule has 0 radical (unpaired) electrons. The van der Waals surface area contributed by atoms with Crippen molar-refractivity contribution in [1.29, 1.82) is 0 Å². The fraction of sp³-hybridized carbons (Fsp3) is 0.556. The van der Waals surface area contributed by atoms with Gasteiger partial charge in [-0.3, -0.25) is 0 Å². The first-order chi connectivity index (χ1) is 6.46. The Morgan fingerprint density at radius 3 is 2.21 bits per heavy atom. The van der Waals surface area contributed by atoms with E-state index in [1.54, 1.807) is 0 Å². The molecule has 0 saturated carbocycles. The van der Waals surface area contributed by atoms with E-state index in [-0.39, 0.29) is 12.2 Å². The van der Waals surface area contributed by atoms with E-state index in [9.17, 15) is 9.59 Å². The molecular formula is C9H12O5. The van der Waals surface area contributed by atoms with Gasteiger partial charge >= 0.3 is 11.9 Å². The Labute approximate surface area is 81.6 Å². The number of rotatable bonds is 2. The number of methoxy groups -OCH3 is 1. The lowest BCUT2D eigenvalue weighted by Crippen LogP contribution is -2.41. The predicted molar refractivity (Wildman–Crippen MR) is 46.2 cm³/mol. The van der Waals surface area contributed by atoms with Crippen LogP contribution < -0.4 is 0 Å². The van der Waals surface area contributed by atoms with Crippen LogP contribution in [0.2, 0.25) is 0 Å². The second-order valence-corrected chi connectivity index (χ2v) is 3.25. The van der Waals surface area contributed by atoms with E-state index in [4.69, 9.17) is 14.2 Å². The molecule has 1 aliphatic heterocycles. The molecule has 1 heterocycles. The van der Waals surface area contributed by atoms with Gasteiger partial charge in [0.05, 0.1) is 6.61 Å². The van der Waals surface area contributed by atoms with Crippen molar-refractivity contribution >= 4 is 11.9 Å². The molecule has 0 amide bonds. The van der Waals surface area contributed by atoms with E-state index >= 15 is 0 Å². The summed E-state index contributed by atoms with van der Waals surface area (Å²) >= 11 is 0. The Kier molecular flexibility index (Phi) is 2.90. The molecule has 1 aliphatic rings. The van der Waals surface area contributed by atoms with Crippen LogP contribution in [0.5, 0.6) is 0 Å². The first-order valence-corrected chi connectivity index (χ1v) is 4.12. The van der Waals surface area contributed by atoms with Crippen LogP contribution in [0.1, 0.15) is 13.8 Å². The maximum absolute atomic E-state index is 11.3. The summed E-state index contributed by atoms with van der Waals surface area (Å²) in [4.78, 5) is 22.6. The average Bonchev–Trinajstić information content (AvgIpc) is 2.00. The van der Waals surface area contributed by atoms with E-state index in [2.05, 4.69) is 0 Å². The van der Waals surface area contributed by atoms with Crippen molar-refractivity contribution in [2.24, 2.45) is 0 Å². The molecule has 1 rings (SSSR count). The molecule has 0 unspecified atom stereocenters. The third-order valence-electron chi connectivity index (χ3n) is 1.57. The number of carbonyl (C=O) groups excluding carboxylic acids is 2. The van der Waals surface area contributed by atoms with Gasteiger partial charge in [-0.15, -0.1) is 0 Å². The lowest BCUT2D eigenvalue weighted by molar-refractivity contribution is -0.222. The third kappa shape index (κ3) is 2.32. The van der Waals surface area contributed by atoms with Crippen LogP contribution in [0.15, 0.2) is 11.6 Å². The Balaban J connectivity index is 2.81. The number of esters is 2. The molecule has 5 heteroatoms. The van der Waals surface area contributed by atoms with Crippen molar-refractivity contribution in [2.75, 3.05) is 13.7 Å². The number of hydrogen-bond donors (Lipinski definition) is 0. The summed E-state index contributed by atoms with van der Waals surface area (Å²) in [6, 6.07) is 0. The number of cyclic esters (lactones) is 2. The molecule has 0 atom stereocenters. The van der Waals surface area contributed by atoms with Crippen LogP contribution in [0, 0.1) is 0 Å². The number of ether oxygens (including phenoxy) is 3. The first-order valence-electron chi connectivity index (χ1n) is 4.12. The molecule has 0 N–H and O–H groups in total. The molecule has 0 aromatic carbocycles. The highest BCUT2D eigenvalue weighted by molar-refractivity contribution is 6.15. The SMILES string of the molecule is COCC=C1C(=O)OC(C)(C)OC1=O. The van der Waals surface area contributed by atoms with Crippen molar-refractivity contribution in [3.63, 3.8) is 0 Å². The maximum atomic E-state index is 11.3. The van der Waals surface area contributed by atoms with Crippen molar-refractivity contribution in [3.05, 3.63) is 11.6 Å². The number of carbonyl (C=O) groups is 2. The van der Waals surface area contributed by atoms with Gasteiger partial charge in [0.15, 0.2) is 0 Å². The minimum Gasteiger partial charge on any atom is -0.419 e. The Morgan fingerprint density at radius 2 is 1.79 bits per heavy atom. The van der Waals surface area contributed by atoms with E-state index < -0.39 is 17.7 Å². The highest BCUT2D eigenvalue weighted by Crippen LogP contribution is 2.22. The summed E-state index contributed by atoms with van der Waals surface area (Å²) in [6.07, 6.45) is 1.33. The smallest absolute Gasteiger partial charge is 0.348 e. The zero-order valence-corrected chi connectivity index (χ0v) is 8.33. The summed E-state index contributed by atoms with van der Waals surface area (Å²) in [7, 11) is 1.46. The molecule has 0 aromatic rings. The van der Waals surface area contributed by atoms with Crippen LogP contribution in [0.3, 0.4) is 0 Å². The van der Waals surface area contributed by atoms with Crippen molar-refractivity contribution in [2.45, 2.75) is 19.6 Å². The van der Waals surface area contributed by atoms with Crippen LogP contribution in [0.4, 0.5) is 0 Å². The van der Waals surface area contributed by atoms with Gasteiger partial charge in [-0.2, -0.15) is 0 Å². The van der Waals surface area contributed by atoms with E-state index in [1.165, 1.54) is 27.0 Å². The summed E-state index contributed by atoms with van der Waals surface area (Å²) in [5.41, 5.74) is -0.119. The van der Waals surface area contributed by atoms with Gasteiger partial charge in [0, 0.05) is 21.0 Å². The average molecular weight is 200 g/mol. The first kappa shape index (κ1) is 10.7. The van der Waals surface area contributed by atoms with Gasteiger partial charge in [0.25, 0.3) is 5.79 Å². The number of hydrogen-bond acceptors (Lipinski definition) is 5. The normalized spacial score (nSPS) is 20.1. The quantitative estimate of drug-likeness (QED) is 0.366. The van der Waals surface area contributed by atoms with Crippen molar-refractivity contribution in [1.82, 2.24) is 0 Å². The minimum absolute atomic E-state index is 0.119.